The second kappa shape index (κ2) is 9.24. The Hall–Kier alpha value is -2.12. The van der Waals surface area contributed by atoms with E-state index in [0.717, 1.165) is 11.5 Å². The van der Waals surface area contributed by atoms with Gasteiger partial charge in [-0.2, -0.15) is 0 Å². The minimum atomic E-state index is -3.87. The summed E-state index contributed by atoms with van der Waals surface area (Å²) >= 11 is 0. The highest BCUT2D eigenvalue weighted by Crippen LogP contribution is 2.34. The number of ether oxygens (including phenoxy) is 4. The molecule has 0 amide bonds. The third kappa shape index (κ3) is 5.50. The van der Waals surface area contributed by atoms with Crippen molar-refractivity contribution in [3.63, 3.8) is 0 Å². The molecule has 24 heavy (non-hydrogen) atoms. The highest BCUT2D eigenvalue weighted by atomic mass is 35.7. The average Bonchev–Trinajstić information content (AvgIpc) is 2.60. The molecular weight excluding hydrogens is 356 g/mol. The van der Waals surface area contributed by atoms with Crippen LogP contribution in [0.4, 0.5) is 0 Å². The fraction of sp³-hybridized carbons (Fsp3) is 0.250. The van der Waals surface area contributed by atoms with E-state index < -0.39 is 9.05 Å². The molecule has 0 spiro atoms. The Bertz CT molecular complexity index is 719. The number of hydrogen-bond donors (Lipinski definition) is 0. The van der Waals surface area contributed by atoms with Gasteiger partial charge in [0.1, 0.15) is 23.0 Å². The molecule has 0 N–H and O–H groups in total. The lowest BCUT2D eigenvalue weighted by molar-refractivity contribution is 0.374. The Morgan fingerprint density at radius 3 is 1.50 bits per heavy atom. The van der Waals surface area contributed by atoms with Crippen molar-refractivity contribution in [3.05, 3.63) is 42.5 Å². The van der Waals surface area contributed by atoms with Crippen LogP contribution >= 0.6 is 10.7 Å². The van der Waals surface area contributed by atoms with Gasteiger partial charge in [0.25, 0.3) is 9.05 Å². The maximum absolute atomic E-state index is 11.2. The Morgan fingerprint density at radius 1 is 0.750 bits per heavy atom. The van der Waals surface area contributed by atoms with Crippen molar-refractivity contribution < 1.29 is 27.4 Å². The predicted molar refractivity (Wildman–Crippen MR) is 92.1 cm³/mol. The Labute approximate surface area is 146 Å². The van der Waals surface area contributed by atoms with Crippen LogP contribution in [0.15, 0.2) is 47.4 Å². The van der Waals surface area contributed by atoms with Gasteiger partial charge in [-0.15, -0.1) is 0 Å². The molecule has 0 saturated heterocycles. The molecule has 0 radical (unpaired) electrons. The van der Waals surface area contributed by atoms with Gasteiger partial charge in [0.2, 0.25) is 0 Å². The fourth-order valence-electron chi connectivity index (χ4n) is 1.79. The number of benzene rings is 2. The highest BCUT2D eigenvalue weighted by molar-refractivity contribution is 8.13. The van der Waals surface area contributed by atoms with Crippen LogP contribution < -0.4 is 18.9 Å². The van der Waals surface area contributed by atoms with Crippen LogP contribution in [-0.2, 0) is 9.05 Å². The lowest BCUT2D eigenvalue weighted by Gasteiger charge is -2.09. The topological polar surface area (TPSA) is 71.1 Å². The van der Waals surface area contributed by atoms with Crippen LogP contribution in [0, 0.1) is 0 Å². The summed E-state index contributed by atoms with van der Waals surface area (Å²) in [6.07, 6.45) is 0. The molecule has 2 aromatic carbocycles. The van der Waals surface area contributed by atoms with Crippen molar-refractivity contribution in [1.29, 1.82) is 0 Å². The third-order valence-electron chi connectivity index (χ3n) is 2.90. The smallest absolute Gasteiger partial charge is 0.268 e. The molecule has 132 valence electrons. The molecule has 0 unspecified atom stereocenters. The average molecular weight is 375 g/mol. The lowest BCUT2D eigenvalue weighted by atomic mass is 10.3. The van der Waals surface area contributed by atoms with E-state index in [2.05, 4.69) is 0 Å². The van der Waals surface area contributed by atoms with Gasteiger partial charge in [0.15, 0.2) is 4.90 Å². The number of rotatable bonds is 5. The number of methoxy groups -OCH3 is 4. The lowest BCUT2D eigenvalue weighted by Crippen LogP contribution is -1.99. The van der Waals surface area contributed by atoms with Crippen molar-refractivity contribution in [2.24, 2.45) is 0 Å². The van der Waals surface area contributed by atoms with Crippen LogP contribution in [0.25, 0.3) is 0 Å². The molecule has 6 nitrogen and oxygen atoms in total. The van der Waals surface area contributed by atoms with Gasteiger partial charge in [-0.1, -0.05) is 12.1 Å². The first-order valence-corrected chi connectivity index (χ1v) is 9.02. The molecule has 2 rings (SSSR count). The minimum absolute atomic E-state index is 0.147. The quantitative estimate of drug-likeness (QED) is 0.747. The van der Waals surface area contributed by atoms with E-state index in [1.54, 1.807) is 20.3 Å². The molecular formula is C16H19ClO6S. The van der Waals surface area contributed by atoms with E-state index in [1.165, 1.54) is 26.4 Å². The molecule has 0 aliphatic heterocycles. The summed E-state index contributed by atoms with van der Waals surface area (Å²) in [7, 11) is 7.36. The largest absolute Gasteiger partial charge is 0.497 e. The van der Waals surface area contributed by atoms with E-state index in [0.29, 0.717) is 0 Å². The van der Waals surface area contributed by atoms with E-state index in [4.69, 9.17) is 29.6 Å². The SMILES string of the molecule is COc1cccc(OC)c1.COc1cccc(OC)c1S(=O)(=O)Cl. The van der Waals surface area contributed by atoms with E-state index in [-0.39, 0.29) is 16.4 Å². The Kier molecular flexibility index (Phi) is 7.67. The normalized spacial score (nSPS) is 10.2. The molecule has 8 heteroatoms. The summed E-state index contributed by atoms with van der Waals surface area (Å²) in [5, 5.41) is 0. The van der Waals surface area contributed by atoms with Gasteiger partial charge in [-0.3, -0.25) is 0 Å². The van der Waals surface area contributed by atoms with Crippen LogP contribution in [0.3, 0.4) is 0 Å². The molecule has 0 saturated carbocycles. The van der Waals surface area contributed by atoms with Gasteiger partial charge >= 0.3 is 0 Å². The second-order valence-corrected chi connectivity index (χ2v) is 6.82. The van der Waals surface area contributed by atoms with Crippen molar-refractivity contribution in [2.45, 2.75) is 4.90 Å². The predicted octanol–water partition coefficient (Wildman–Crippen LogP) is 3.34. The molecule has 0 aliphatic carbocycles. The number of hydrogen-bond acceptors (Lipinski definition) is 6. The molecule has 2 aromatic rings. The molecule has 0 aromatic heterocycles. The van der Waals surface area contributed by atoms with Crippen LogP contribution in [0.1, 0.15) is 0 Å². The van der Waals surface area contributed by atoms with Gasteiger partial charge in [-0.05, 0) is 24.3 Å². The first-order valence-electron chi connectivity index (χ1n) is 6.71. The Balaban J connectivity index is 0.000000254. The first-order chi connectivity index (χ1) is 11.4. The van der Waals surface area contributed by atoms with E-state index in [9.17, 15) is 8.42 Å². The minimum Gasteiger partial charge on any atom is -0.497 e. The maximum Gasteiger partial charge on any atom is 0.268 e. The molecule has 0 atom stereocenters. The Morgan fingerprint density at radius 2 is 1.17 bits per heavy atom. The summed E-state index contributed by atoms with van der Waals surface area (Å²) in [6, 6.07) is 12.1. The summed E-state index contributed by atoms with van der Waals surface area (Å²) < 4.78 is 42.1. The highest BCUT2D eigenvalue weighted by Gasteiger charge is 2.21. The van der Waals surface area contributed by atoms with Crippen LogP contribution in [0.2, 0.25) is 0 Å². The van der Waals surface area contributed by atoms with Gasteiger partial charge in [-0.25, -0.2) is 8.42 Å². The number of halogens is 1. The first kappa shape index (κ1) is 19.9. The van der Waals surface area contributed by atoms with Gasteiger partial charge in [0.05, 0.1) is 28.4 Å². The van der Waals surface area contributed by atoms with Gasteiger partial charge < -0.3 is 18.9 Å². The fourth-order valence-corrected chi connectivity index (χ4v) is 3.03. The standard InChI is InChI=1S/C8H9ClO4S.C8H10O2/c1-12-6-4-3-5-7(13-2)8(6)14(9,10)11;1-9-7-4-3-5-8(6-7)10-2/h3-5H,1-2H3;3-6H,1-2H3. The van der Waals surface area contributed by atoms with Crippen molar-refractivity contribution in [3.8, 4) is 23.0 Å². The van der Waals surface area contributed by atoms with E-state index in [1.807, 2.05) is 24.3 Å². The summed E-state index contributed by atoms with van der Waals surface area (Å²) in [4.78, 5) is -0.147. The van der Waals surface area contributed by atoms with E-state index >= 15 is 0 Å². The van der Waals surface area contributed by atoms with Crippen molar-refractivity contribution in [1.82, 2.24) is 0 Å². The molecule has 0 bridgehead atoms. The maximum atomic E-state index is 11.2. The van der Waals surface area contributed by atoms with Crippen LogP contribution in [-0.4, -0.2) is 36.9 Å². The third-order valence-corrected chi connectivity index (χ3v) is 4.26. The second-order valence-electron chi connectivity index (χ2n) is 4.31. The summed E-state index contributed by atoms with van der Waals surface area (Å²) in [5.74, 6) is 1.97. The molecule has 0 aliphatic rings. The zero-order valence-corrected chi connectivity index (χ0v) is 15.3. The van der Waals surface area contributed by atoms with Crippen molar-refractivity contribution in [2.75, 3.05) is 28.4 Å². The molecule has 0 heterocycles. The van der Waals surface area contributed by atoms with Crippen molar-refractivity contribution >= 4 is 19.7 Å². The zero-order chi connectivity index (χ0) is 18.2. The summed E-state index contributed by atoms with van der Waals surface area (Å²) in [6.45, 7) is 0. The monoisotopic (exact) mass is 374 g/mol. The molecule has 0 fully saturated rings. The summed E-state index contributed by atoms with van der Waals surface area (Å²) in [5.41, 5.74) is 0. The zero-order valence-electron chi connectivity index (χ0n) is 13.8. The van der Waals surface area contributed by atoms with Gasteiger partial charge in [0, 0.05) is 16.7 Å². The van der Waals surface area contributed by atoms with Crippen LogP contribution in [0.5, 0.6) is 23.0 Å².